The lowest BCUT2D eigenvalue weighted by Crippen LogP contribution is -2.52. The topological polar surface area (TPSA) is 60.9 Å². The van der Waals surface area contributed by atoms with Gasteiger partial charge in [0, 0.05) is 25.3 Å². The Morgan fingerprint density at radius 1 is 1.04 bits per heavy atom. The number of likely N-dealkylation sites (tertiary alicyclic amines) is 1. The number of para-hydroxylation sites is 1. The second-order valence-electron chi connectivity index (χ2n) is 8.00. The summed E-state index contributed by atoms with van der Waals surface area (Å²) in [6, 6.07) is 9.78. The quantitative estimate of drug-likeness (QED) is 0.917. The Hall–Kier alpha value is -1.88. The fraction of sp³-hybridized carbons (Fsp3) is 0.600. The van der Waals surface area contributed by atoms with Crippen LogP contribution in [0.2, 0.25) is 0 Å². The summed E-state index contributed by atoms with van der Waals surface area (Å²) in [6.07, 6.45) is 5.16. The Morgan fingerprint density at radius 2 is 1.80 bits per heavy atom. The van der Waals surface area contributed by atoms with Crippen molar-refractivity contribution in [2.75, 3.05) is 24.5 Å². The summed E-state index contributed by atoms with van der Waals surface area (Å²) in [5.41, 5.74) is -0.291. The highest BCUT2D eigenvalue weighted by Gasteiger charge is 2.50. The molecule has 0 radical (unpaired) electrons. The number of carbonyl (C=O) groups is 2. The lowest BCUT2D eigenvalue weighted by atomic mass is 9.76. The number of benzene rings is 1. The van der Waals surface area contributed by atoms with Gasteiger partial charge in [0.05, 0.1) is 17.4 Å². The van der Waals surface area contributed by atoms with Gasteiger partial charge in [-0.1, -0.05) is 18.2 Å². The maximum Gasteiger partial charge on any atom is 0.235 e. The molecule has 1 aromatic carbocycles. The van der Waals surface area contributed by atoms with Crippen LogP contribution >= 0.6 is 0 Å². The first-order chi connectivity index (χ1) is 12.0. The van der Waals surface area contributed by atoms with E-state index in [0.717, 1.165) is 50.8 Å². The van der Waals surface area contributed by atoms with Crippen LogP contribution in [-0.4, -0.2) is 47.1 Å². The maximum atomic E-state index is 13.1. The first-order valence-electron chi connectivity index (χ1n) is 9.39. The van der Waals surface area contributed by atoms with E-state index in [2.05, 4.69) is 0 Å². The molecule has 1 aromatic rings. The summed E-state index contributed by atoms with van der Waals surface area (Å²) in [7, 11) is 0. The average molecular weight is 342 g/mol. The van der Waals surface area contributed by atoms with Crippen molar-refractivity contribution in [2.24, 2.45) is 5.41 Å². The summed E-state index contributed by atoms with van der Waals surface area (Å²) in [5.74, 6) is 0.158. The molecule has 2 heterocycles. The maximum absolute atomic E-state index is 13.1. The minimum absolute atomic E-state index is 0.00670. The molecule has 1 unspecified atom stereocenters. The normalized spacial score (nSPS) is 28.3. The van der Waals surface area contributed by atoms with Crippen LogP contribution in [0.5, 0.6) is 0 Å². The zero-order chi connectivity index (χ0) is 17.5. The number of carbonyl (C=O) groups excluding carboxylic acids is 2. The smallest absolute Gasteiger partial charge is 0.235 e. The summed E-state index contributed by atoms with van der Waals surface area (Å²) >= 11 is 0. The molecule has 2 amide bonds. The van der Waals surface area contributed by atoms with Gasteiger partial charge in [-0.3, -0.25) is 9.59 Å². The predicted octanol–water partition coefficient (Wildman–Crippen LogP) is 2.34. The number of piperidine rings is 1. The van der Waals surface area contributed by atoms with E-state index in [4.69, 9.17) is 0 Å². The third kappa shape index (κ3) is 2.95. The van der Waals surface area contributed by atoms with Gasteiger partial charge in [0.25, 0.3) is 0 Å². The number of anilines is 1. The number of amides is 2. The van der Waals surface area contributed by atoms with Crippen molar-refractivity contribution in [2.45, 2.75) is 50.5 Å². The van der Waals surface area contributed by atoms with E-state index in [9.17, 15) is 14.7 Å². The second-order valence-corrected chi connectivity index (χ2v) is 8.00. The van der Waals surface area contributed by atoms with Crippen LogP contribution in [0, 0.1) is 5.41 Å². The van der Waals surface area contributed by atoms with E-state index in [1.807, 2.05) is 40.1 Å². The molecule has 5 nitrogen and oxygen atoms in total. The average Bonchev–Trinajstić information content (AvgIpc) is 2.90. The lowest BCUT2D eigenvalue weighted by molar-refractivity contribution is -0.145. The van der Waals surface area contributed by atoms with Gasteiger partial charge in [0.1, 0.15) is 0 Å². The highest BCUT2D eigenvalue weighted by molar-refractivity contribution is 6.00. The molecular weight excluding hydrogens is 316 g/mol. The lowest BCUT2D eigenvalue weighted by Gasteiger charge is -2.42. The summed E-state index contributed by atoms with van der Waals surface area (Å²) in [4.78, 5) is 29.5. The summed E-state index contributed by atoms with van der Waals surface area (Å²) in [6.45, 7) is 1.92. The first kappa shape index (κ1) is 16.6. The van der Waals surface area contributed by atoms with Crippen LogP contribution in [0.4, 0.5) is 5.69 Å². The molecule has 5 heteroatoms. The molecule has 1 spiro atoms. The van der Waals surface area contributed by atoms with Gasteiger partial charge in [-0.2, -0.15) is 0 Å². The highest BCUT2D eigenvalue weighted by atomic mass is 16.3. The minimum Gasteiger partial charge on any atom is -0.389 e. The molecular formula is C20H26N2O3. The van der Waals surface area contributed by atoms with E-state index in [0.29, 0.717) is 13.1 Å². The van der Waals surface area contributed by atoms with Gasteiger partial charge < -0.3 is 14.9 Å². The molecule has 3 fully saturated rings. The first-order valence-corrected chi connectivity index (χ1v) is 9.39. The number of aliphatic hydroxyl groups is 1. The number of nitrogens with zero attached hydrogens (tertiary/aromatic N) is 2. The monoisotopic (exact) mass is 342 g/mol. The molecule has 0 aromatic heterocycles. The molecule has 0 bridgehead atoms. The van der Waals surface area contributed by atoms with Crippen molar-refractivity contribution in [1.29, 1.82) is 0 Å². The standard InChI is InChI=1S/C20H26N2O3/c23-17(14-20(25)9-4-10-20)21-12-5-8-19(15-21)11-13-22(18(19)24)16-6-2-1-3-7-16/h1-3,6-7,25H,4-5,8-15H2. The molecule has 2 saturated heterocycles. The fourth-order valence-corrected chi connectivity index (χ4v) is 4.55. The van der Waals surface area contributed by atoms with E-state index in [1.165, 1.54) is 0 Å². The Kier molecular flexibility index (Phi) is 4.07. The van der Waals surface area contributed by atoms with Crippen LogP contribution < -0.4 is 4.90 Å². The predicted molar refractivity (Wildman–Crippen MR) is 95.1 cm³/mol. The molecule has 4 rings (SSSR count). The second kappa shape index (κ2) is 6.13. The van der Waals surface area contributed by atoms with Crippen LogP contribution in [0.1, 0.15) is 44.9 Å². The fourth-order valence-electron chi connectivity index (χ4n) is 4.55. The molecule has 3 aliphatic rings. The molecule has 1 saturated carbocycles. The Bertz CT molecular complexity index is 671. The minimum atomic E-state index is -0.794. The number of hydrogen-bond donors (Lipinski definition) is 1. The van der Waals surface area contributed by atoms with Crippen molar-refractivity contribution in [3.63, 3.8) is 0 Å². The van der Waals surface area contributed by atoms with Gasteiger partial charge >= 0.3 is 0 Å². The zero-order valence-corrected chi connectivity index (χ0v) is 14.6. The van der Waals surface area contributed by atoms with Gasteiger partial charge in [-0.25, -0.2) is 0 Å². The third-order valence-electron chi connectivity index (χ3n) is 6.27. The third-order valence-corrected chi connectivity index (χ3v) is 6.27. The van der Waals surface area contributed by atoms with Crippen LogP contribution in [0.25, 0.3) is 0 Å². The van der Waals surface area contributed by atoms with Crippen molar-refractivity contribution in [3.8, 4) is 0 Å². The van der Waals surface area contributed by atoms with Gasteiger partial charge in [-0.15, -0.1) is 0 Å². The van der Waals surface area contributed by atoms with Crippen molar-refractivity contribution in [1.82, 2.24) is 4.90 Å². The Balaban J connectivity index is 1.47. The van der Waals surface area contributed by atoms with E-state index in [1.54, 1.807) is 0 Å². The van der Waals surface area contributed by atoms with Gasteiger partial charge in [0.2, 0.25) is 11.8 Å². The van der Waals surface area contributed by atoms with E-state index >= 15 is 0 Å². The van der Waals surface area contributed by atoms with Crippen molar-refractivity contribution >= 4 is 17.5 Å². The van der Waals surface area contributed by atoms with E-state index in [-0.39, 0.29) is 18.2 Å². The van der Waals surface area contributed by atoms with Crippen molar-refractivity contribution in [3.05, 3.63) is 30.3 Å². The molecule has 134 valence electrons. The number of hydrogen-bond acceptors (Lipinski definition) is 3. The molecule has 1 atom stereocenters. The van der Waals surface area contributed by atoms with Gasteiger partial charge in [0.15, 0.2) is 0 Å². The SMILES string of the molecule is O=C(CC1(O)CCC1)N1CCCC2(CCN(c3ccccc3)C2=O)C1. The van der Waals surface area contributed by atoms with Crippen LogP contribution in [0.15, 0.2) is 30.3 Å². The van der Waals surface area contributed by atoms with Crippen LogP contribution in [-0.2, 0) is 9.59 Å². The largest absolute Gasteiger partial charge is 0.389 e. The molecule has 1 N–H and O–H groups in total. The zero-order valence-electron chi connectivity index (χ0n) is 14.6. The highest BCUT2D eigenvalue weighted by Crippen LogP contribution is 2.42. The van der Waals surface area contributed by atoms with E-state index < -0.39 is 11.0 Å². The Labute approximate surface area is 148 Å². The van der Waals surface area contributed by atoms with Crippen molar-refractivity contribution < 1.29 is 14.7 Å². The summed E-state index contributed by atoms with van der Waals surface area (Å²) < 4.78 is 0. The molecule has 1 aliphatic carbocycles. The van der Waals surface area contributed by atoms with Crippen LogP contribution in [0.3, 0.4) is 0 Å². The molecule has 2 aliphatic heterocycles. The molecule has 25 heavy (non-hydrogen) atoms. The Morgan fingerprint density at radius 3 is 2.48 bits per heavy atom. The number of rotatable bonds is 3. The van der Waals surface area contributed by atoms with Gasteiger partial charge in [-0.05, 0) is 50.7 Å². The summed E-state index contributed by atoms with van der Waals surface area (Å²) in [5, 5.41) is 10.3.